The Morgan fingerprint density at radius 2 is 1.43 bits per heavy atom. The monoisotopic (exact) mass is 283 g/mol. The van der Waals surface area contributed by atoms with Crippen molar-refractivity contribution in [2.45, 2.75) is 38.6 Å². The molecule has 0 aliphatic heterocycles. The van der Waals surface area contributed by atoms with Gasteiger partial charge in [-0.25, -0.2) is 0 Å². The maximum absolute atomic E-state index is 6.36. The molecule has 1 atom stereocenters. The summed E-state index contributed by atoms with van der Waals surface area (Å²) in [4.78, 5) is 0. The van der Waals surface area contributed by atoms with Crippen LogP contribution in [0.4, 0.5) is 0 Å². The van der Waals surface area contributed by atoms with Crippen LogP contribution in [0.2, 0.25) is 0 Å². The molecule has 2 N–H and O–H groups in total. The van der Waals surface area contributed by atoms with Crippen molar-refractivity contribution in [2.24, 2.45) is 5.73 Å². The molecule has 2 aromatic rings. The molecule has 2 heteroatoms. The Morgan fingerprint density at radius 3 is 1.86 bits per heavy atom. The summed E-state index contributed by atoms with van der Waals surface area (Å²) in [7, 11) is 1.67. The third kappa shape index (κ3) is 3.45. The van der Waals surface area contributed by atoms with E-state index in [0.717, 1.165) is 23.3 Å². The molecule has 2 aromatic carbocycles. The lowest BCUT2D eigenvalue weighted by molar-refractivity contribution is 0.414. The van der Waals surface area contributed by atoms with Crippen molar-refractivity contribution in [3.05, 3.63) is 65.2 Å². The molecule has 0 heterocycles. The minimum atomic E-state index is -0.102. The fourth-order valence-electron chi connectivity index (χ4n) is 2.35. The predicted molar refractivity (Wildman–Crippen MR) is 88.8 cm³/mol. The third-order valence-electron chi connectivity index (χ3n) is 4.41. The Labute approximate surface area is 127 Å². The van der Waals surface area contributed by atoms with Crippen LogP contribution in [0, 0.1) is 0 Å². The van der Waals surface area contributed by atoms with Gasteiger partial charge in [-0.15, -0.1) is 0 Å². The van der Waals surface area contributed by atoms with Gasteiger partial charge in [0.05, 0.1) is 13.2 Å². The number of hydrogen-bond donors (Lipinski definition) is 1. The van der Waals surface area contributed by atoms with Crippen LogP contribution in [0.5, 0.6) is 5.75 Å². The summed E-state index contributed by atoms with van der Waals surface area (Å²) >= 11 is 0. The highest BCUT2D eigenvalue weighted by atomic mass is 16.5. The molecule has 2 rings (SSSR count). The zero-order chi connectivity index (χ0) is 15.5. The Balaban J connectivity index is 2.21. The van der Waals surface area contributed by atoms with Gasteiger partial charge in [0, 0.05) is 0 Å². The lowest BCUT2D eigenvalue weighted by atomic mass is 9.81. The van der Waals surface area contributed by atoms with E-state index in [-0.39, 0.29) is 11.5 Å². The first-order chi connectivity index (χ1) is 9.97. The van der Waals surface area contributed by atoms with Gasteiger partial charge in [-0.3, -0.25) is 0 Å². The standard InChI is InChI=1S/C19H25NO/c1-5-19(2,3)16-10-6-14(7-11-16)18(20)15-8-12-17(21-4)13-9-15/h6-13,18H,5,20H2,1-4H3. The first kappa shape index (κ1) is 15.6. The second kappa shape index (κ2) is 6.31. The first-order valence-corrected chi connectivity index (χ1v) is 7.48. The average molecular weight is 283 g/mol. The molecule has 0 aliphatic carbocycles. The molecule has 0 aliphatic rings. The summed E-state index contributed by atoms with van der Waals surface area (Å²) in [6, 6.07) is 16.5. The van der Waals surface area contributed by atoms with Gasteiger partial charge in [-0.2, -0.15) is 0 Å². The van der Waals surface area contributed by atoms with Gasteiger partial charge in [-0.1, -0.05) is 57.2 Å². The van der Waals surface area contributed by atoms with Crippen LogP contribution in [0.25, 0.3) is 0 Å². The molecule has 2 nitrogen and oxygen atoms in total. The summed E-state index contributed by atoms with van der Waals surface area (Å²) in [6.07, 6.45) is 1.12. The van der Waals surface area contributed by atoms with Gasteiger partial charge in [0.1, 0.15) is 5.75 Å². The SMILES string of the molecule is CCC(C)(C)c1ccc(C(N)c2ccc(OC)cc2)cc1. The number of hydrogen-bond acceptors (Lipinski definition) is 2. The van der Waals surface area contributed by atoms with E-state index in [4.69, 9.17) is 10.5 Å². The molecule has 0 saturated heterocycles. The molecular weight excluding hydrogens is 258 g/mol. The van der Waals surface area contributed by atoms with Crippen LogP contribution in [-0.2, 0) is 5.41 Å². The van der Waals surface area contributed by atoms with E-state index < -0.39 is 0 Å². The number of nitrogens with two attached hydrogens (primary N) is 1. The van der Waals surface area contributed by atoms with Gasteiger partial charge in [-0.05, 0) is 40.7 Å². The topological polar surface area (TPSA) is 35.2 Å². The minimum Gasteiger partial charge on any atom is -0.497 e. The fourth-order valence-corrected chi connectivity index (χ4v) is 2.35. The molecule has 0 radical (unpaired) electrons. The van der Waals surface area contributed by atoms with E-state index >= 15 is 0 Å². The number of benzene rings is 2. The van der Waals surface area contributed by atoms with Crippen molar-refractivity contribution in [2.75, 3.05) is 7.11 Å². The van der Waals surface area contributed by atoms with E-state index in [9.17, 15) is 0 Å². The van der Waals surface area contributed by atoms with Crippen molar-refractivity contribution in [1.29, 1.82) is 0 Å². The molecule has 0 aromatic heterocycles. The maximum atomic E-state index is 6.36. The fraction of sp³-hybridized carbons (Fsp3) is 0.368. The number of rotatable bonds is 5. The van der Waals surface area contributed by atoms with Crippen molar-refractivity contribution in [3.8, 4) is 5.75 Å². The quantitative estimate of drug-likeness (QED) is 0.881. The summed E-state index contributed by atoms with van der Waals surface area (Å²) in [5.74, 6) is 0.853. The van der Waals surface area contributed by atoms with Crippen molar-refractivity contribution in [3.63, 3.8) is 0 Å². The molecule has 0 fully saturated rings. The van der Waals surface area contributed by atoms with Crippen LogP contribution in [0.15, 0.2) is 48.5 Å². The lowest BCUT2D eigenvalue weighted by Crippen LogP contribution is -2.16. The van der Waals surface area contributed by atoms with Gasteiger partial charge in [0.25, 0.3) is 0 Å². The number of ether oxygens (including phenoxy) is 1. The Bertz CT molecular complexity index is 570. The van der Waals surface area contributed by atoms with E-state index in [2.05, 4.69) is 45.0 Å². The predicted octanol–water partition coefficient (Wildman–Crippen LogP) is 4.43. The summed E-state index contributed by atoms with van der Waals surface area (Å²) in [6.45, 7) is 6.76. The highest BCUT2D eigenvalue weighted by Crippen LogP contribution is 2.28. The van der Waals surface area contributed by atoms with E-state index in [0.29, 0.717) is 0 Å². The Morgan fingerprint density at radius 1 is 0.952 bits per heavy atom. The van der Waals surface area contributed by atoms with Crippen LogP contribution >= 0.6 is 0 Å². The summed E-state index contributed by atoms with van der Waals surface area (Å²) < 4.78 is 5.18. The summed E-state index contributed by atoms with van der Waals surface area (Å²) in [5.41, 5.74) is 10.2. The normalized spacial score (nSPS) is 13.0. The zero-order valence-corrected chi connectivity index (χ0v) is 13.4. The molecule has 0 saturated carbocycles. The van der Waals surface area contributed by atoms with E-state index in [1.807, 2.05) is 24.3 Å². The maximum Gasteiger partial charge on any atom is 0.118 e. The van der Waals surface area contributed by atoms with Crippen LogP contribution < -0.4 is 10.5 Å². The van der Waals surface area contributed by atoms with Crippen molar-refractivity contribution < 1.29 is 4.74 Å². The second-order valence-corrected chi connectivity index (χ2v) is 6.11. The Hall–Kier alpha value is -1.80. The zero-order valence-electron chi connectivity index (χ0n) is 13.4. The third-order valence-corrected chi connectivity index (χ3v) is 4.41. The van der Waals surface area contributed by atoms with E-state index in [1.54, 1.807) is 7.11 Å². The largest absolute Gasteiger partial charge is 0.497 e. The molecule has 0 amide bonds. The summed E-state index contributed by atoms with van der Waals surface area (Å²) in [5, 5.41) is 0. The molecule has 21 heavy (non-hydrogen) atoms. The molecular formula is C19H25NO. The second-order valence-electron chi connectivity index (χ2n) is 6.11. The molecule has 112 valence electrons. The van der Waals surface area contributed by atoms with Gasteiger partial charge < -0.3 is 10.5 Å². The van der Waals surface area contributed by atoms with E-state index in [1.165, 1.54) is 5.56 Å². The van der Waals surface area contributed by atoms with Crippen molar-refractivity contribution >= 4 is 0 Å². The highest BCUT2D eigenvalue weighted by Gasteiger charge is 2.18. The van der Waals surface area contributed by atoms with Gasteiger partial charge >= 0.3 is 0 Å². The smallest absolute Gasteiger partial charge is 0.118 e. The average Bonchev–Trinajstić information content (AvgIpc) is 2.54. The Kier molecular flexibility index (Phi) is 4.69. The molecule has 1 unspecified atom stereocenters. The first-order valence-electron chi connectivity index (χ1n) is 7.48. The molecule has 0 spiro atoms. The van der Waals surface area contributed by atoms with Crippen LogP contribution in [-0.4, -0.2) is 7.11 Å². The van der Waals surface area contributed by atoms with Crippen LogP contribution in [0.1, 0.15) is 49.9 Å². The lowest BCUT2D eigenvalue weighted by Gasteiger charge is -2.24. The highest BCUT2D eigenvalue weighted by molar-refractivity contribution is 5.37. The van der Waals surface area contributed by atoms with Crippen molar-refractivity contribution in [1.82, 2.24) is 0 Å². The molecule has 0 bridgehead atoms. The van der Waals surface area contributed by atoms with Crippen LogP contribution in [0.3, 0.4) is 0 Å². The van der Waals surface area contributed by atoms with Gasteiger partial charge in [0.2, 0.25) is 0 Å². The van der Waals surface area contributed by atoms with Gasteiger partial charge in [0.15, 0.2) is 0 Å². The minimum absolute atomic E-state index is 0.102. The number of methoxy groups -OCH3 is 1.